The number of aromatic nitrogens is 1. The SMILES string of the molecule is CC(C)[C@H](C)N(Cc1ccc(Cl)cc1)Cc1nc(C(=O)N2CCCC2)co1. The summed E-state index contributed by atoms with van der Waals surface area (Å²) in [5.41, 5.74) is 1.60. The van der Waals surface area contributed by atoms with Crippen LogP contribution < -0.4 is 0 Å². The van der Waals surface area contributed by atoms with Gasteiger partial charge in [-0.25, -0.2) is 4.98 Å². The Morgan fingerprint density at radius 3 is 2.48 bits per heavy atom. The van der Waals surface area contributed by atoms with Crippen molar-refractivity contribution in [2.75, 3.05) is 13.1 Å². The summed E-state index contributed by atoms with van der Waals surface area (Å²) < 4.78 is 5.64. The molecule has 0 bridgehead atoms. The van der Waals surface area contributed by atoms with Crippen molar-refractivity contribution in [3.63, 3.8) is 0 Å². The average molecular weight is 390 g/mol. The van der Waals surface area contributed by atoms with Crippen LogP contribution in [-0.4, -0.2) is 39.8 Å². The van der Waals surface area contributed by atoms with Crippen molar-refractivity contribution in [2.24, 2.45) is 5.92 Å². The van der Waals surface area contributed by atoms with Gasteiger partial charge in [-0.2, -0.15) is 0 Å². The van der Waals surface area contributed by atoms with Crippen LogP contribution in [0.5, 0.6) is 0 Å². The van der Waals surface area contributed by atoms with Crippen molar-refractivity contribution in [3.05, 3.63) is 52.7 Å². The fourth-order valence-corrected chi connectivity index (χ4v) is 3.45. The molecular weight excluding hydrogens is 362 g/mol. The number of likely N-dealkylation sites (tertiary alicyclic amines) is 1. The second-order valence-electron chi connectivity index (χ2n) is 7.64. The molecule has 1 fully saturated rings. The lowest BCUT2D eigenvalue weighted by molar-refractivity contribution is 0.0786. The molecule has 1 atom stereocenters. The third kappa shape index (κ3) is 5.11. The van der Waals surface area contributed by atoms with Gasteiger partial charge in [0.05, 0.1) is 6.54 Å². The fourth-order valence-electron chi connectivity index (χ4n) is 3.33. The molecular formula is C21H28ClN3O2. The summed E-state index contributed by atoms with van der Waals surface area (Å²) in [6.07, 6.45) is 3.63. The molecule has 0 N–H and O–H groups in total. The van der Waals surface area contributed by atoms with Gasteiger partial charge in [0.25, 0.3) is 5.91 Å². The van der Waals surface area contributed by atoms with E-state index >= 15 is 0 Å². The van der Waals surface area contributed by atoms with E-state index in [9.17, 15) is 4.79 Å². The van der Waals surface area contributed by atoms with Crippen molar-refractivity contribution in [2.45, 2.75) is 52.7 Å². The first-order valence-corrected chi connectivity index (χ1v) is 10.0. The third-order valence-corrected chi connectivity index (χ3v) is 5.59. The van der Waals surface area contributed by atoms with E-state index in [1.54, 1.807) is 0 Å². The van der Waals surface area contributed by atoms with Gasteiger partial charge >= 0.3 is 0 Å². The monoisotopic (exact) mass is 389 g/mol. The number of carbonyl (C=O) groups is 1. The summed E-state index contributed by atoms with van der Waals surface area (Å²) in [6, 6.07) is 8.24. The summed E-state index contributed by atoms with van der Waals surface area (Å²) in [6.45, 7) is 9.58. The van der Waals surface area contributed by atoms with Crippen LogP contribution >= 0.6 is 11.6 Å². The Labute approximate surface area is 166 Å². The van der Waals surface area contributed by atoms with Crippen LogP contribution in [0.15, 0.2) is 34.9 Å². The fraction of sp³-hybridized carbons (Fsp3) is 0.524. The molecule has 0 saturated carbocycles. The first-order chi connectivity index (χ1) is 12.9. The van der Waals surface area contributed by atoms with E-state index in [0.717, 1.165) is 37.5 Å². The zero-order chi connectivity index (χ0) is 19.4. The molecule has 146 valence electrons. The Balaban J connectivity index is 1.71. The van der Waals surface area contributed by atoms with Crippen LogP contribution in [-0.2, 0) is 13.1 Å². The Morgan fingerprint density at radius 2 is 1.85 bits per heavy atom. The number of benzene rings is 1. The lowest BCUT2D eigenvalue weighted by Gasteiger charge is -2.30. The third-order valence-electron chi connectivity index (χ3n) is 5.34. The van der Waals surface area contributed by atoms with Gasteiger partial charge in [-0.3, -0.25) is 9.69 Å². The number of oxazole rings is 1. The largest absolute Gasteiger partial charge is 0.447 e. The lowest BCUT2D eigenvalue weighted by atomic mass is 10.0. The van der Waals surface area contributed by atoms with Crippen LogP contribution in [0.3, 0.4) is 0 Å². The van der Waals surface area contributed by atoms with Gasteiger partial charge in [-0.15, -0.1) is 0 Å². The van der Waals surface area contributed by atoms with Gasteiger partial charge in [0, 0.05) is 30.7 Å². The number of amides is 1. The average Bonchev–Trinajstić information content (AvgIpc) is 3.33. The molecule has 0 radical (unpaired) electrons. The maximum atomic E-state index is 12.5. The van der Waals surface area contributed by atoms with Gasteiger partial charge in [0.2, 0.25) is 5.89 Å². The van der Waals surface area contributed by atoms with Crippen LogP contribution in [0, 0.1) is 5.92 Å². The summed E-state index contributed by atoms with van der Waals surface area (Å²) in [5, 5.41) is 0.736. The van der Waals surface area contributed by atoms with Gasteiger partial charge < -0.3 is 9.32 Å². The van der Waals surface area contributed by atoms with Gasteiger partial charge in [-0.1, -0.05) is 37.6 Å². The maximum Gasteiger partial charge on any atom is 0.275 e. The highest BCUT2D eigenvalue weighted by atomic mass is 35.5. The molecule has 1 saturated heterocycles. The minimum absolute atomic E-state index is 0.0244. The number of rotatable bonds is 7. The molecule has 0 aliphatic carbocycles. The van der Waals surface area contributed by atoms with Crippen molar-refractivity contribution in [3.8, 4) is 0 Å². The predicted molar refractivity (Wildman–Crippen MR) is 107 cm³/mol. The quantitative estimate of drug-likeness (QED) is 0.693. The summed E-state index contributed by atoms with van der Waals surface area (Å²) in [4.78, 5) is 21.1. The first-order valence-electron chi connectivity index (χ1n) is 9.66. The lowest BCUT2D eigenvalue weighted by Crippen LogP contribution is -2.36. The van der Waals surface area contributed by atoms with E-state index in [0.29, 0.717) is 30.1 Å². The molecule has 5 nitrogen and oxygen atoms in total. The molecule has 1 amide bonds. The zero-order valence-corrected chi connectivity index (χ0v) is 17.1. The van der Waals surface area contributed by atoms with Crippen LogP contribution in [0.4, 0.5) is 0 Å². The zero-order valence-electron chi connectivity index (χ0n) is 16.3. The minimum Gasteiger partial charge on any atom is -0.447 e. The molecule has 1 aliphatic rings. The van der Waals surface area contributed by atoms with Crippen molar-refractivity contribution < 1.29 is 9.21 Å². The number of hydrogen-bond donors (Lipinski definition) is 0. The minimum atomic E-state index is -0.0244. The highest BCUT2D eigenvalue weighted by Crippen LogP contribution is 2.20. The Hall–Kier alpha value is -1.85. The highest BCUT2D eigenvalue weighted by Gasteiger charge is 2.24. The molecule has 0 spiro atoms. The van der Waals surface area contributed by atoms with E-state index in [2.05, 4.69) is 30.7 Å². The molecule has 1 aliphatic heterocycles. The van der Waals surface area contributed by atoms with Gasteiger partial charge in [0.15, 0.2) is 5.69 Å². The normalized spacial score (nSPS) is 15.7. The molecule has 1 aromatic carbocycles. The molecule has 6 heteroatoms. The molecule has 1 aromatic heterocycles. The van der Waals surface area contributed by atoms with E-state index in [4.69, 9.17) is 16.0 Å². The standard InChI is InChI=1S/C21H28ClN3O2/c1-15(2)16(3)25(12-17-6-8-18(22)9-7-17)13-20-23-19(14-27-20)21(26)24-10-4-5-11-24/h6-9,14-16H,4-5,10-13H2,1-3H3/t16-/m0/s1. The summed E-state index contributed by atoms with van der Waals surface area (Å²) >= 11 is 6.00. The summed E-state index contributed by atoms with van der Waals surface area (Å²) in [7, 11) is 0. The van der Waals surface area contributed by atoms with Gasteiger partial charge in [-0.05, 0) is 43.4 Å². The van der Waals surface area contributed by atoms with Gasteiger partial charge in [0.1, 0.15) is 6.26 Å². The number of halogens is 1. The smallest absolute Gasteiger partial charge is 0.275 e. The van der Waals surface area contributed by atoms with Crippen molar-refractivity contribution in [1.82, 2.24) is 14.8 Å². The first kappa shape index (κ1) is 19.9. The van der Waals surface area contributed by atoms with Crippen LogP contribution in [0.25, 0.3) is 0 Å². The van der Waals surface area contributed by atoms with Crippen LogP contribution in [0.1, 0.15) is 55.6 Å². The molecule has 2 heterocycles. The Morgan fingerprint density at radius 1 is 1.19 bits per heavy atom. The predicted octanol–water partition coefficient (Wildman–Crippen LogP) is 4.61. The second-order valence-corrected chi connectivity index (χ2v) is 8.08. The number of hydrogen-bond acceptors (Lipinski definition) is 4. The Kier molecular flexibility index (Phi) is 6.55. The molecule has 3 rings (SSSR count). The molecule has 27 heavy (non-hydrogen) atoms. The van der Waals surface area contributed by atoms with E-state index in [1.165, 1.54) is 11.8 Å². The molecule has 2 aromatic rings. The maximum absolute atomic E-state index is 12.5. The summed E-state index contributed by atoms with van der Waals surface area (Å²) in [5.74, 6) is 1.04. The second kappa shape index (κ2) is 8.89. The van der Waals surface area contributed by atoms with Crippen LogP contribution in [0.2, 0.25) is 5.02 Å². The number of carbonyl (C=O) groups excluding carboxylic acids is 1. The van der Waals surface area contributed by atoms with Crippen molar-refractivity contribution in [1.29, 1.82) is 0 Å². The van der Waals surface area contributed by atoms with Crippen molar-refractivity contribution >= 4 is 17.5 Å². The van der Waals surface area contributed by atoms with E-state index in [1.807, 2.05) is 29.2 Å². The topological polar surface area (TPSA) is 49.6 Å². The van der Waals surface area contributed by atoms with E-state index < -0.39 is 0 Å². The highest BCUT2D eigenvalue weighted by molar-refractivity contribution is 6.30. The van der Waals surface area contributed by atoms with E-state index in [-0.39, 0.29) is 5.91 Å². The number of nitrogens with zero attached hydrogens (tertiary/aromatic N) is 3. The molecule has 0 unspecified atom stereocenters. The Bertz CT molecular complexity index is 751.